The summed E-state index contributed by atoms with van der Waals surface area (Å²) in [7, 11) is -7.91. The Hall–Kier alpha value is -1.82. The number of aryl methyl sites for hydroxylation is 1. The summed E-state index contributed by atoms with van der Waals surface area (Å²) in [5.74, 6) is 1.28. The fraction of sp³-hybridized carbons (Fsp3) is 0.529. The van der Waals surface area contributed by atoms with E-state index >= 15 is 0 Å². The van der Waals surface area contributed by atoms with Crippen LogP contribution in [0.3, 0.4) is 0 Å². The molecule has 1 saturated carbocycles. The van der Waals surface area contributed by atoms with Crippen LogP contribution in [0.4, 0.5) is 0 Å². The van der Waals surface area contributed by atoms with Crippen molar-refractivity contribution in [2.45, 2.75) is 55.0 Å². The van der Waals surface area contributed by atoms with E-state index in [9.17, 15) is 16.8 Å². The van der Waals surface area contributed by atoms with Crippen molar-refractivity contribution in [2.24, 2.45) is 0 Å². The lowest BCUT2D eigenvalue weighted by molar-refractivity contribution is 0.474. The van der Waals surface area contributed by atoms with Gasteiger partial charge in [-0.15, -0.1) is 10.2 Å². The Morgan fingerprint density at radius 3 is 2.32 bits per heavy atom. The van der Waals surface area contributed by atoms with Crippen molar-refractivity contribution >= 4 is 20.0 Å². The molecule has 152 valence electrons. The second kappa shape index (κ2) is 7.21. The minimum absolute atomic E-state index is 0.0439. The lowest BCUT2D eigenvalue weighted by Gasteiger charge is -2.18. The van der Waals surface area contributed by atoms with Crippen LogP contribution < -0.4 is 4.72 Å². The average molecular weight is 426 g/mol. The van der Waals surface area contributed by atoms with E-state index in [1.54, 1.807) is 0 Å². The van der Waals surface area contributed by atoms with Crippen LogP contribution in [-0.2, 0) is 26.6 Å². The van der Waals surface area contributed by atoms with Crippen molar-refractivity contribution in [1.29, 1.82) is 0 Å². The van der Waals surface area contributed by atoms with Gasteiger partial charge >= 0.3 is 0 Å². The predicted molar refractivity (Wildman–Crippen MR) is 101 cm³/mol. The minimum Gasteiger partial charge on any atom is -0.311 e. The van der Waals surface area contributed by atoms with E-state index in [4.69, 9.17) is 0 Å². The van der Waals surface area contributed by atoms with Crippen molar-refractivity contribution in [3.8, 4) is 0 Å². The van der Waals surface area contributed by atoms with Gasteiger partial charge in [0.15, 0.2) is 0 Å². The number of rotatable bonds is 7. The summed E-state index contributed by atoms with van der Waals surface area (Å²) in [5, 5.41) is 8.10. The lowest BCUT2D eigenvalue weighted by Crippen LogP contribution is -2.31. The number of hydrogen-bond donors (Lipinski definition) is 1. The highest BCUT2D eigenvalue weighted by atomic mass is 32.2. The van der Waals surface area contributed by atoms with Crippen molar-refractivity contribution in [2.75, 3.05) is 13.1 Å². The highest BCUT2D eigenvalue weighted by molar-refractivity contribution is 7.92. The molecular weight excluding hydrogens is 402 g/mol. The molecule has 0 amide bonds. The smallest absolute Gasteiger partial charge is 0.244 e. The Morgan fingerprint density at radius 2 is 1.68 bits per heavy atom. The molecular formula is C17H23N5O4S2. The Labute approximate surface area is 164 Å². The van der Waals surface area contributed by atoms with Crippen molar-refractivity contribution < 1.29 is 16.8 Å². The number of nitrogens with one attached hydrogen (secondary N) is 1. The van der Waals surface area contributed by atoms with Crippen LogP contribution in [0.5, 0.6) is 0 Å². The Kier molecular flexibility index (Phi) is 5.02. The van der Waals surface area contributed by atoms with Gasteiger partial charge in [-0.05, 0) is 44.7 Å². The quantitative estimate of drug-likeness (QED) is 0.713. The third kappa shape index (κ3) is 3.59. The molecule has 28 heavy (non-hydrogen) atoms. The Balaban J connectivity index is 1.62. The maximum absolute atomic E-state index is 12.9. The highest BCUT2D eigenvalue weighted by Crippen LogP contribution is 2.36. The normalized spacial score (nSPS) is 18.6. The second-order valence-corrected chi connectivity index (χ2v) is 10.8. The summed E-state index contributed by atoms with van der Waals surface area (Å²) in [6.45, 7) is 2.61. The predicted octanol–water partition coefficient (Wildman–Crippen LogP) is 1.18. The van der Waals surface area contributed by atoms with E-state index in [1.165, 1.54) is 28.6 Å². The molecule has 1 aliphatic carbocycles. The molecule has 0 bridgehead atoms. The zero-order chi connectivity index (χ0) is 19.9. The SMILES string of the molecule is Cc1nnc(CNS(=O)(=O)c2ccccc2S(=O)(=O)N2CCCC2)n1C1CC1. The maximum Gasteiger partial charge on any atom is 0.244 e. The minimum atomic E-state index is -4.05. The third-order valence-corrected chi connectivity index (χ3v) is 8.64. The number of nitrogens with zero attached hydrogens (tertiary/aromatic N) is 4. The van der Waals surface area contributed by atoms with Gasteiger partial charge in [0.2, 0.25) is 20.0 Å². The molecule has 9 nitrogen and oxygen atoms in total. The van der Waals surface area contributed by atoms with Crippen LogP contribution >= 0.6 is 0 Å². The van der Waals surface area contributed by atoms with Gasteiger partial charge in [-0.1, -0.05) is 12.1 Å². The molecule has 1 aromatic heterocycles. The van der Waals surface area contributed by atoms with E-state index in [-0.39, 0.29) is 16.3 Å². The van der Waals surface area contributed by atoms with Crippen LogP contribution in [0, 0.1) is 6.92 Å². The third-order valence-electron chi connectivity index (χ3n) is 5.09. The number of sulfonamides is 2. The van der Waals surface area contributed by atoms with E-state index in [0.717, 1.165) is 31.5 Å². The molecule has 0 spiro atoms. The van der Waals surface area contributed by atoms with Gasteiger partial charge in [0, 0.05) is 19.1 Å². The molecule has 2 aliphatic rings. The van der Waals surface area contributed by atoms with Gasteiger partial charge in [0.05, 0.1) is 6.54 Å². The van der Waals surface area contributed by atoms with Crippen molar-refractivity contribution in [3.63, 3.8) is 0 Å². The second-order valence-electron chi connectivity index (χ2n) is 7.15. The Bertz CT molecular complexity index is 1080. The molecule has 11 heteroatoms. The molecule has 0 unspecified atom stereocenters. The van der Waals surface area contributed by atoms with E-state index in [1.807, 2.05) is 11.5 Å². The largest absolute Gasteiger partial charge is 0.311 e. The summed E-state index contributed by atoms with van der Waals surface area (Å²) in [4.78, 5) is -0.430. The summed E-state index contributed by atoms with van der Waals surface area (Å²) < 4.78 is 57.5. The lowest BCUT2D eigenvalue weighted by atomic mass is 10.4. The zero-order valence-electron chi connectivity index (χ0n) is 15.6. The molecule has 1 N–H and O–H groups in total. The molecule has 2 heterocycles. The Morgan fingerprint density at radius 1 is 1.04 bits per heavy atom. The van der Waals surface area contributed by atoms with E-state index in [2.05, 4.69) is 14.9 Å². The van der Waals surface area contributed by atoms with Gasteiger partial charge in [0.25, 0.3) is 0 Å². The molecule has 2 fully saturated rings. The highest BCUT2D eigenvalue weighted by Gasteiger charge is 2.33. The number of benzene rings is 1. The molecule has 0 atom stereocenters. The van der Waals surface area contributed by atoms with Crippen molar-refractivity contribution in [1.82, 2.24) is 23.8 Å². The summed E-state index contributed by atoms with van der Waals surface area (Å²) >= 11 is 0. The molecule has 4 rings (SSSR count). The zero-order valence-corrected chi connectivity index (χ0v) is 17.2. The van der Waals surface area contributed by atoms with Gasteiger partial charge in [0.1, 0.15) is 21.4 Å². The van der Waals surface area contributed by atoms with Gasteiger partial charge in [-0.25, -0.2) is 21.6 Å². The number of aromatic nitrogens is 3. The number of hydrogen-bond acceptors (Lipinski definition) is 6. The van der Waals surface area contributed by atoms with Crippen LogP contribution in [0.1, 0.15) is 43.4 Å². The summed E-state index contributed by atoms with van der Waals surface area (Å²) in [6.07, 6.45) is 3.61. The first kappa shape index (κ1) is 19.5. The molecule has 1 saturated heterocycles. The average Bonchev–Trinajstić information content (AvgIpc) is 3.19. The summed E-state index contributed by atoms with van der Waals surface area (Å²) in [6, 6.07) is 6.04. The maximum atomic E-state index is 12.9. The van der Waals surface area contributed by atoms with Gasteiger partial charge < -0.3 is 4.57 Å². The monoisotopic (exact) mass is 425 g/mol. The fourth-order valence-corrected chi connectivity index (χ4v) is 6.83. The van der Waals surface area contributed by atoms with E-state index in [0.29, 0.717) is 25.0 Å². The molecule has 1 aliphatic heterocycles. The fourth-order valence-electron chi connectivity index (χ4n) is 3.53. The topological polar surface area (TPSA) is 114 Å². The van der Waals surface area contributed by atoms with Crippen LogP contribution in [0.2, 0.25) is 0 Å². The van der Waals surface area contributed by atoms with Crippen molar-refractivity contribution in [3.05, 3.63) is 35.9 Å². The summed E-state index contributed by atoms with van der Waals surface area (Å²) in [5.41, 5.74) is 0. The first-order chi connectivity index (χ1) is 13.3. The van der Waals surface area contributed by atoms with Crippen LogP contribution in [0.25, 0.3) is 0 Å². The van der Waals surface area contributed by atoms with E-state index < -0.39 is 20.0 Å². The standard InChI is InChI=1S/C17H23N5O4S2/c1-13-19-20-17(22(13)14-8-9-14)12-18-27(23,24)15-6-2-3-7-16(15)28(25,26)21-10-4-5-11-21/h2-3,6-7,14,18H,4-5,8-12H2,1H3. The van der Waals surface area contributed by atoms with Gasteiger partial charge in [-0.2, -0.15) is 4.31 Å². The molecule has 2 aromatic rings. The van der Waals surface area contributed by atoms with Crippen LogP contribution in [-0.4, -0.2) is 49.0 Å². The first-order valence-electron chi connectivity index (χ1n) is 9.30. The molecule has 1 aromatic carbocycles. The first-order valence-corrected chi connectivity index (χ1v) is 12.2. The van der Waals surface area contributed by atoms with Crippen LogP contribution in [0.15, 0.2) is 34.1 Å². The molecule has 0 radical (unpaired) electrons. The van der Waals surface area contributed by atoms with Gasteiger partial charge in [-0.3, -0.25) is 0 Å².